The van der Waals surface area contributed by atoms with E-state index < -0.39 is 18.5 Å². The first kappa shape index (κ1) is 23.7. The predicted molar refractivity (Wildman–Crippen MR) is 128 cm³/mol. The Labute approximate surface area is 194 Å². The summed E-state index contributed by atoms with van der Waals surface area (Å²) < 4.78 is 5.19. The lowest BCUT2D eigenvalue weighted by molar-refractivity contribution is -0.126. The van der Waals surface area contributed by atoms with Gasteiger partial charge in [0.1, 0.15) is 0 Å². The van der Waals surface area contributed by atoms with Crippen LogP contribution in [0.4, 0.5) is 5.69 Å². The van der Waals surface area contributed by atoms with Crippen molar-refractivity contribution in [3.63, 3.8) is 0 Å². The van der Waals surface area contributed by atoms with Gasteiger partial charge in [0.15, 0.2) is 6.61 Å². The Bertz CT molecular complexity index is 1130. The lowest BCUT2D eigenvalue weighted by atomic mass is 10.00. The van der Waals surface area contributed by atoms with Gasteiger partial charge in [-0.1, -0.05) is 66.2 Å². The topological polar surface area (TPSA) is 84.5 Å². The zero-order valence-electron chi connectivity index (χ0n) is 19.1. The monoisotopic (exact) mass is 444 g/mol. The van der Waals surface area contributed by atoms with Gasteiger partial charge in [0.05, 0.1) is 12.1 Å². The first-order chi connectivity index (χ1) is 15.8. The molecule has 0 unspecified atom stereocenters. The first-order valence-electron chi connectivity index (χ1n) is 10.8. The molecule has 3 aromatic carbocycles. The van der Waals surface area contributed by atoms with E-state index in [1.54, 1.807) is 12.1 Å². The molecule has 0 aromatic heterocycles. The molecule has 33 heavy (non-hydrogen) atoms. The van der Waals surface area contributed by atoms with Gasteiger partial charge in [-0.15, -0.1) is 0 Å². The molecule has 2 amide bonds. The van der Waals surface area contributed by atoms with E-state index in [2.05, 4.69) is 10.6 Å². The fourth-order valence-corrected chi connectivity index (χ4v) is 3.69. The minimum Gasteiger partial charge on any atom is -0.452 e. The molecule has 2 N–H and O–H groups in total. The average molecular weight is 445 g/mol. The first-order valence-corrected chi connectivity index (χ1v) is 10.8. The van der Waals surface area contributed by atoms with Gasteiger partial charge in [0.25, 0.3) is 5.91 Å². The van der Waals surface area contributed by atoms with Crippen LogP contribution in [-0.4, -0.2) is 30.9 Å². The van der Waals surface area contributed by atoms with Crippen molar-refractivity contribution in [2.24, 2.45) is 0 Å². The van der Waals surface area contributed by atoms with Gasteiger partial charge in [-0.2, -0.15) is 0 Å². The number of rotatable bonds is 8. The maximum atomic E-state index is 12.6. The van der Waals surface area contributed by atoms with Gasteiger partial charge in [-0.05, 0) is 55.5 Å². The molecule has 0 bridgehead atoms. The third-order valence-corrected chi connectivity index (χ3v) is 5.20. The third kappa shape index (κ3) is 6.77. The Morgan fingerprint density at radius 2 is 1.45 bits per heavy atom. The van der Waals surface area contributed by atoms with E-state index in [4.69, 9.17) is 4.74 Å². The summed E-state index contributed by atoms with van der Waals surface area (Å²) in [5, 5.41) is 5.31. The molecular formula is C27H28N2O4. The molecular weight excluding hydrogens is 416 g/mol. The standard InChI is InChI=1S/C27H28N2O4/c1-18-13-19(2)26(20(3)14-18)29-24(30)16-28-25(31)17-33-27(32)23-12-8-7-11-22(23)15-21-9-5-4-6-10-21/h4-14H,15-17H2,1-3H3,(H,28,31)(H,29,30). The van der Waals surface area contributed by atoms with E-state index >= 15 is 0 Å². The molecule has 0 aliphatic heterocycles. The van der Waals surface area contributed by atoms with Crippen LogP contribution in [0.1, 0.15) is 38.2 Å². The van der Waals surface area contributed by atoms with Gasteiger partial charge in [0.2, 0.25) is 5.91 Å². The van der Waals surface area contributed by atoms with E-state index in [-0.39, 0.29) is 12.5 Å². The average Bonchev–Trinajstić information content (AvgIpc) is 2.79. The second-order valence-electron chi connectivity index (χ2n) is 7.99. The number of nitrogens with one attached hydrogen (secondary N) is 2. The smallest absolute Gasteiger partial charge is 0.338 e. The highest BCUT2D eigenvalue weighted by atomic mass is 16.5. The molecule has 0 fully saturated rings. The molecule has 0 saturated heterocycles. The molecule has 0 aliphatic carbocycles. The molecule has 0 atom stereocenters. The van der Waals surface area contributed by atoms with E-state index in [1.165, 1.54) is 0 Å². The van der Waals surface area contributed by atoms with Crippen molar-refractivity contribution >= 4 is 23.5 Å². The Hall–Kier alpha value is -3.93. The zero-order valence-corrected chi connectivity index (χ0v) is 19.1. The molecule has 0 radical (unpaired) electrons. The van der Waals surface area contributed by atoms with Crippen molar-refractivity contribution in [1.82, 2.24) is 5.32 Å². The molecule has 0 aliphatic rings. The highest BCUT2D eigenvalue weighted by Crippen LogP contribution is 2.21. The Morgan fingerprint density at radius 3 is 2.15 bits per heavy atom. The van der Waals surface area contributed by atoms with Crippen molar-refractivity contribution in [1.29, 1.82) is 0 Å². The molecule has 0 heterocycles. The minimum atomic E-state index is -0.577. The lowest BCUT2D eigenvalue weighted by Crippen LogP contribution is -2.35. The van der Waals surface area contributed by atoms with Gasteiger partial charge in [-0.3, -0.25) is 9.59 Å². The Balaban J connectivity index is 1.50. The van der Waals surface area contributed by atoms with Crippen molar-refractivity contribution < 1.29 is 19.1 Å². The van der Waals surface area contributed by atoms with Crippen LogP contribution in [0.15, 0.2) is 66.7 Å². The van der Waals surface area contributed by atoms with Crippen molar-refractivity contribution in [2.45, 2.75) is 27.2 Å². The summed E-state index contributed by atoms with van der Waals surface area (Å²) in [6, 6.07) is 20.9. The van der Waals surface area contributed by atoms with Crippen LogP contribution in [-0.2, 0) is 20.7 Å². The number of anilines is 1. The van der Waals surface area contributed by atoms with Crippen LogP contribution in [0, 0.1) is 20.8 Å². The molecule has 3 aromatic rings. The fraction of sp³-hybridized carbons (Fsp3) is 0.222. The molecule has 0 spiro atoms. The highest BCUT2D eigenvalue weighted by Gasteiger charge is 2.15. The number of carbonyl (C=O) groups is 3. The highest BCUT2D eigenvalue weighted by molar-refractivity contribution is 5.96. The maximum absolute atomic E-state index is 12.6. The predicted octanol–water partition coefficient (Wildman–Crippen LogP) is 4.11. The molecule has 6 nitrogen and oxygen atoms in total. The Morgan fingerprint density at radius 1 is 0.818 bits per heavy atom. The van der Waals surface area contributed by atoms with Gasteiger partial charge >= 0.3 is 5.97 Å². The summed E-state index contributed by atoms with van der Waals surface area (Å²) in [5.74, 6) is -1.47. The van der Waals surface area contributed by atoms with Crippen LogP contribution in [0.25, 0.3) is 0 Å². The second kappa shape index (κ2) is 11.1. The molecule has 170 valence electrons. The number of hydrogen-bond donors (Lipinski definition) is 2. The maximum Gasteiger partial charge on any atom is 0.338 e. The normalized spacial score (nSPS) is 10.4. The van der Waals surface area contributed by atoms with E-state index in [1.807, 2.05) is 75.4 Å². The van der Waals surface area contributed by atoms with E-state index in [0.717, 1.165) is 33.5 Å². The number of carbonyl (C=O) groups excluding carboxylic acids is 3. The lowest BCUT2D eigenvalue weighted by Gasteiger charge is -2.13. The summed E-state index contributed by atoms with van der Waals surface area (Å²) >= 11 is 0. The quantitative estimate of drug-likeness (QED) is 0.512. The van der Waals surface area contributed by atoms with E-state index in [0.29, 0.717) is 12.0 Å². The zero-order chi connectivity index (χ0) is 23.8. The minimum absolute atomic E-state index is 0.215. The van der Waals surface area contributed by atoms with Crippen molar-refractivity contribution in [3.05, 3.63) is 100 Å². The number of esters is 1. The molecule has 0 saturated carbocycles. The van der Waals surface area contributed by atoms with Crippen molar-refractivity contribution in [3.8, 4) is 0 Å². The number of hydrogen-bond acceptors (Lipinski definition) is 4. The summed E-state index contributed by atoms with van der Waals surface area (Å²) in [5.41, 5.74) is 6.06. The fourth-order valence-electron chi connectivity index (χ4n) is 3.69. The van der Waals surface area contributed by atoms with Gasteiger partial charge < -0.3 is 15.4 Å². The van der Waals surface area contributed by atoms with Crippen molar-refractivity contribution in [2.75, 3.05) is 18.5 Å². The molecule has 3 rings (SSSR count). The number of amides is 2. The number of aryl methyl sites for hydroxylation is 3. The summed E-state index contributed by atoms with van der Waals surface area (Å²) in [7, 11) is 0. The van der Waals surface area contributed by atoms with Crippen LogP contribution >= 0.6 is 0 Å². The summed E-state index contributed by atoms with van der Waals surface area (Å²) in [6.07, 6.45) is 0.580. The van der Waals surface area contributed by atoms with Gasteiger partial charge in [0, 0.05) is 5.69 Å². The Kier molecular flexibility index (Phi) is 7.97. The second-order valence-corrected chi connectivity index (χ2v) is 7.99. The summed E-state index contributed by atoms with van der Waals surface area (Å²) in [4.78, 5) is 36.9. The largest absolute Gasteiger partial charge is 0.452 e. The molecule has 6 heteroatoms. The van der Waals surface area contributed by atoms with Crippen LogP contribution in [0.5, 0.6) is 0 Å². The number of benzene rings is 3. The van der Waals surface area contributed by atoms with E-state index in [9.17, 15) is 14.4 Å². The van der Waals surface area contributed by atoms with Crippen LogP contribution in [0.3, 0.4) is 0 Å². The van der Waals surface area contributed by atoms with Crippen LogP contribution < -0.4 is 10.6 Å². The summed E-state index contributed by atoms with van der Waals surface area (Å²) in [6.45, 7) is 5.15. The SMILES string of the molecule is Cc1cc(C)c(NC(=O)CNC(=O)COC(=O)c2ccccc2Cc2ccccc2)c(C)c1. The third-order valence-electron chi connectivity index (χ3n) is 5.20. The number of ether oxygens (including phenoxy) is 1. The van der Waals surface area contributed by atoms with Gasteiger partial charge in [-0.25, -0.2) is 4.79 Å². The van der Waals surface area contributed by atoms with Crippen LogP contribution in [0.2, 0.25) is 0 Å².